The first-order chi connectivity index (χ1) is 9.01. The van der Waals surface area contributed by atoms with E-state index in [0.717, 1.165) is 12.8 Å². The first kappa shape index (κ1) is 15.2. The molecule has 0 aliphatic rings. The minimum atomic E-state index is -2.85. The predicted octanol–water partition coefficient (Wildman–Crippen LogP) is 3.60. The van der Waals surface area contributed by atoms with Gasteiger partial charge in [-0.25, -0.2) is 4.79 Å². The Morgan fingerprint density at radius 3 is 2.47 bits per heavy atom. The van der Waals surface area contributed by atoms with Gasteiger partial charge in [-0.05, 0) is 37.6 Å². The summed E-state index contributed by atoms with van der Waals surface area (Å²) in [6.45, 7) is 1.11. The van der Waals surface area contributed by atoms with Gasteiger partial charge in [0.25, 0.3) is 0 Å². The molecule has 106 valence electrons. The smallest absolute Gasteiger partial charge is 0.387 e. The monoisotopic (exact) mass is 272 g/mol. The van der Waals surface area contributed by atoms with Gasteiger partial charge in [-0.1, -0.05) is 13.3 Å². The zero-order chi connectivity index (χ0) is 14.3. The first-order valence-electron chi connectivity index (χ1n) is 6.13. The van der Waals surface area contributed by atoms with Crippen LogP contribution in [-0.2, 0) is 0 Å². The molecule has 1 unspecified atom stereocenters. The fraction of sp³-hybridized carbons (Fsp3) is 0.462. The van der Waals surface area contributed by atoms with Gasteiger partial charge in [0.15, 0.2) is 0 Å². The molecule has 0 fully saturated rings. The molecular weight excluding hydrogens is 254 g/mol. The van der Waals surface area contributed by atoms with Gasteiger partial charge in [0.1, 0.15) is 5.75 Å². The lowest BCUT2D eigenvalue weighted by atomic mass is 10.2. The summed E-state index contributed by atoms with van der Waals surface area (Å²) in [4.78, 5) is 11.6. The zero-order valence-electron chi connectivity index (χ0n) is 11.0. The molecule has 19 heavy (non-hydrogen) atoms. The van der Waals surface area contributed by atoms with Crippen molar-refractivity contribution < 1.29 is 18.3 Å². The number of anilines is 1. The molecule has 1 atom stereocenters. The van der Waals surface area contributed by atoms with E-state index in [1.807, 2.05) is 13.8 Å². The second-order valence-electron chi connectivity index (χ2n) is 4.19. The minimum Gasteiger partial charge on any atom is -0.435 e. The summed E-state index contributed by atoms with van der Waals surface area (Å²) in [5.74, 6) is 0.0558. The maximum Gasteiger partial charge on any atom is 0.387 e. The summed E-state index contributed by atoms with van der Waals surface area (Å²) < 4.78 is 28.1. The molecule has 2 N–H and O–H groups in total. The maximum atomic E-state index is 11.9. The van der Waals surface area contributed by atoms with Gasteiger partial charge in [0.05, 0.1) is 0 Å². The number of urea groups is 1. The number of carbonyl (C=O) groups is 1. The van der Waals surface area contributed by atoms with Gasteiger partial charge < -0.3 is 15.4 Å². The number of amides is 2. The Morgan fingerprint density at radius 1 is 1.32 bits per heavy atom. The van der Waals surface area contributed by atoms with Crippen molar-refractivity contribution in [3.63, 3.8) is 0 Å². The van der Waals surface area contributed by atoms with Crippen LogP contribution in [0.1, 0.15) is 26.7 Å². The number of carbonyl (C=O) groups excluding carboxylic acids is 1. The maximum absolute atomic E-state index is 11.9. The van der Waals surface area contributed by atoms with E-state index >= 15 is 0 Å². The average Bonchev–Trinajstić information content (AvgIpc) is 2.31. The molecule has 4 nitrogen and oxygen atoms in total. The predicted molar refractivity (Wildman–Crippen MR) is 69.6 cm³/mol. The third kappa shape index (κ3) is 6.03. The lowest BCUT2D eigenvalue weighted by Crippen LogP contribution is -2.35. The van der Waals surface area contributed by atoms with Crippen LogP contribution in [-0.4, -0.2) is 18.7 Å². The van der Waals surface area contributed by atoms with Crippen molar-refractivity contribution >= 4 is 11.7 Å². The highest BCUT2D eigenvalue weighted by atomic mass is 19.3. The molecule has 0 heterocycles. The number of hydrogen-bond acceptors (Lipinski definition) is 2. The van der Waals surface area contributed by atoms with E-state index in [9.17, 15) is 13.6 Å². The second-order valence-corrected chi connectivity index (χ2v) is 4.19. The van der Waals surface area contributed by atoms with Gasteiger partial charge in [-0.15, -0.1) is 0 Å². The number of halogens is 2. The Balaban J connectivity index is 2.46. The average molecular weight is 272 g/mol. The van der Waals surface area contributed by atoms with Crippen molar-refractivity contribution in [3.8, 4) is 5.75 Å². The first-order valence-corrected chi connectivity index (χ1v) is 6.13. The third-order valence-corrected chi connectivity index (χ3v) is 2.44. The standard InChI is InChI=1S/C13H18F2N2O2/c1-3-4-9(2)16-13(18)17-10-5-7-11(8-6-10)19-12(14)15/h5-9,12H,3-4H2,1-2H3,(H2,16,17,18). The lowest BCUT2D eigenvalue weighted by Gasteiger charge is -2.13. The molecule has 0 spiro atoms. The van der Waals surface area contributed by atoms with E-state index in [4.69, 9.17) is 0 Å². The zero-order valence-corrected chi connectivity index (χ0v) is 11.0. The molecule has 0 bridgehead atoms. The Kier molecular flexibility index (Phi) is 6.05. The van der Waals surface area contributed by atoms with Crippen LogP contribution in [0.4, 0.5) is 19.3 Å². The molecule has 1 aromatic carbocycles. The van der Waals surface area contributed by atoms with Gasteiger partial charge in [-0.3, -0.25) is 0 Å². The number of ether oxygens (including phenoxy) is 1. The summed E-state index contributed by atoms with van der Waals surface area (Å²) in [6.07, 6.45) is 1.88. The van der Waals surface area contributed by atoms with Crippen LogP contribution in [0.3, 0.4) is 0 Å². The van der Waals surface area contributed by atoms with Crippen LogP contribution < -0.4 is 15.4 Å². The summed E-state index contributed by atoms with van der Waals surface area (Å²) in [5, 5.41) is 5.39. The highest BCUT2D eigenvalue weighted by Gasteiger charge is 2.07. The van der Waals surface area contributed by atoms with Crippen LogP contribution in [0.25, 0.3) is 0 Å². The largest absolute Gasteiger partial charge is 0.435 e. The fourth-order valence-electron chi connectivity index (χ4n) is 1.62. The number of benzene rings is 1. The molecule has 1 aromatic rings. The Hall–Kier alpha value is -1.85. The fourth-order valence-corrected chi connectivity index (χ4v) is 1.62. The molecule has 6 heteroatoms. The van der Waals surface area contributed by atoms with Gasteiger partial charge >= 0.3 is 12.6 Å². The van der Waals surface area contributed by atoms with Crippen molar-refractivity contribution in [1.82, 2.24) is 5.32 Å². The minimum absolute atomic E-state index is 0.0558. The van der Waals surface area contributed by atoms with E-state index in [2.05, 4.69) is 15.4 Å². The van der Waals surface area contributed by atoms with E-state index in [0.29, 0.717) is 5.69 Å². The molecule has 0 saturated carbocycles. The lowest BCUT2D eigenvalue weighted by molar-refractivity contribution is -0.0498. The van der Waals surface area contributed by atoms with E-state index < -0.39 is 6.61 Å². The normalized spacial score (nSPS) is 12.1. The topological polar surface area (TPSA) is 50.4 Å². The summed E-state index contributed by atoms with van der Waals surface area (Å²) >= 11 is 0. The van der Waals surface area contributed by atoms with Crippen molar-refractivity contribution in [2.24, 2.45) is 0 Å². The Labute approximate surface area is 111 Å². The Morgan fingerprint density at radius 2 is 1.95 bits per heavy atom. The van der Waals surface area contributed by atoms with Crippen molar-refractivity contribution in [1.29, 1.82) is 0 Å². The van der Waals surface area contributed by atoms with Gasteiger partial charge in [-0.2, -0.15) is 8.78 Å². The highest BCUT2D eigenvalue weighted by molar-refractivity contribution is 5.89. The van der Waals surface area contributed by atoms with Gasteiger partial charge in [0.2, 0.25) is 0 Å². The molecule has 0 aliphatic heterocycles. The van der Waals surface area contributed by atoms with Gasteiger partial charge in [0, 0.05) is 11.7 Å². The van der Waals surface area contributed by atoms with E-state index in [-0.39, 0.29) is 17.8 Å². The number of hydrogen-bond donors (Lipinski definition) is 2. The molecule has 0 aromatic heterocycles. The number of alkyl halides is 2. The molecule has 2 amide bonds. The highest BCUT2D eigenvalue weighted by Crippen LogP contribution is 2.17. The third-order valence-electron chi connectivity index (χ3n) is 2.44. The van der Waals surface area contributed by atoms with E-state index in [1.165, 1.54) is 24.3 Å². The second kappa shape index (κ2) is 7.56. The quantitative estimate of drug-likeness (QED) is 0.831. The van der Waals surface area contributed by atoms with Crippen molar-refractivity contribution in [2.75, 3.05) is 5.32 Å². The summed E-state index contributed by atoms with van der Waals surface area (Å²) in [6, 6.07) is 5.52. The molecule has 0 saturated heterocycles. The number of rotatable bonds is 6. The number of nitrogens with one attached hydrogen (secondary N) is 2. The van der Waals surface area contributed by atoms with Crippen molar-refractivity contribution in [3.05, 3.63) is 24.3 Å². The van der Waals surface area contributed by atoms with Crippen LogP contribution in [0, 0.1) is 0 Å². The molecule has 0 radical (unpaired) electrons. The molecule has 0 aliphatic carbocycles. The SMILES string of the molecule is CCCC(C)NC(=O)Nc1ccc(OC(F)F)cc1. The Bertz CT molecular complexity index is 396. The van der Waals surface area contributed by atoms with Crippen LogP contribution >= 0.6 is 0 Å². The van der Waals surface area contributed by atoms with Crippen LogP contribution in [0.2, 0.25) is 0 Å². The molecule has 1 rings (SSSR count). The van der Waals surface area contributed by atoms with Crippen molar-refractivity contribution in [2.45, 2.75) is 39.3 Å². The van der Waals surface area contributed by atoms with Crippen LogP contribution in [0.5, 0.6) is 5.75 Å². The molecular formula is C13H18F2N2O2. The van der Waals surface area contributed by atoms with E-state index in [1.54, 1.807) is 0 Å². The van der Waals surface area contributed by atoms with Crippen LogP contribution in [0.15, 0.2) is 24.3 Å². The summed E-state index contributed by atoms with van der Waals surface area (Å²) in [7, 11) is 0. The summed E-state index contributed by atoms with van der Waals surface area (Å²) in [5.41, 5.74) is 0.516.